The predicted octanol–water partition coefficient (Wildman–Crippen LogP) is 1.62. The monoisotopic (exact) mass is 303 g/mol. The van der Waals surface area contributed by atoms with Crippen LogP contribution in [0.2, 0.25) is 0 Å². The van der Waals surface area contributed by atoms with E-state index in [0.717, 1.165) is 55.4 Å². The summed E-state index contributed by atoms with van der Waals surface area (Å²) in [6.45, 7) is 1.75. The van der Waals surface area contributed by atoms with Crippen molar-refractivity contribution < 1.29 is 14.9 Å². The average Bonchev–Trinajstić information content (AvgIpc) is 2.54. The molecule has 0 atom stereocenters. The van der Waals surface area contributed by atoms with Gasteiger partial charge in [-0.15, -0.1) is 0 Å². The smallest absolute Gasteiger partial charge is 0.256 e. The van der Waals surface area contributed by atoms with E-state index in [1.54, 1.807) is 12.3 Å². The summed E-state index contributed by atoms with van der Waals surface area (Å²) in [5, 5.41) is 13.9. The first-order valence-corrected chi connectivity index (χ1v) is 7.59. The Balaban J connectivity index is 1.81. The first-order valence-electron chi connectivity index (χ1n) is 7.59. The molecule has 1 fully saturated rings. The van der Waals surface area contributed by atoms with Crippen LogP contribution in [0, 0.1) is 0 Å². The first-order chi connectivity index (χ1) is 10.7. The molecule has 0 spiro atoms. The van der Waals surface area contributed by atoms with Crippen LogP contribution in [0.1, 0.15) is 24.8 Å². The maximum absolute atomic E-state index is 10.6. The Kier molecular flexibility index (Phi) is 4.52. The molecular weight excluding hydrogens is 282 g/mol. The molecule has 118 valence electrons. The molecule has 0 aliphatic carbocycles. The van der Waals surface area contributed by atoms with Crippen molar-refractivity contribution in [3.8, 4) is 5.88 Å². The third-order valence-corrected chi connectivity index (χ3v) is 4.20. The van der Waals surface area contributed by atoms with Crippen LogP contribution in [0.3, 0.4) is 0 Å². The zero-order valence-corrected chi connectivity index (χ0v) is 12.7. The lowest BCUT2D eigenvalue weighted by Gasteiger charge is -2.32. The molecule has 0 aromatic carbocycles. The second kappa shape index (κ2) is 6.56. The number of piperidine rings is 1. The first kappa shape index (κ1) is 15.1. The fourth-order valence-corrected chi connectivity index (χ4v) is 2.90. The molecule has 0 bridgehead atoms. The molecule has 2 aromatic rings. The van der Waals surface area contributed by atoms with Crippen molar-refractivity contribution in [3.05, 3.63) is 30.0 Å². The van der Waals surface area contributed by atoms with Gasteiger partial charge in [0.05, 0.1) is 23.7 Å². The Labute approximate surface area is 129 Å². The third-order valence-electron chi connectivity index (χ3n) is 4.20. The van der Waals surface area contributed by atoms with Crippen molar-refractivity contribution in [1.29, 1.82) is 0 Å². The highest BCUT2D eigenvalue weighted by molar-refractivity contribution is 5.78. The second-order valence-electron chi connectivity index (χ2n) is 5.71. The van der Waals surface area contributed by atoms with Crippen LogP contribution in [0.4, 0.5) is 0 Å². The van der Waals surface area contributed by atoms with Gasteiger partial charge < -0.3 is 15.3 Å². The summed E-state index contributed by atoms with van der Waals surface area (Å²) in [4.78, 5) is 18.4. The summed E-state index contributed by atoms with van der Waals surface area (Å²) in [5.74, 6) is 0.407. The Morgan fingerprint density at radius 1 is 1.27 bits per heavy atom. The molecule has 2 aromatic heterocycles. The van der Waals surface area contributed by atoms with Crippen LogP contribution < -0.4 is 10.2 Å². The van der Waals surface area contributed by atoms with Gasteiger partial charge in [-0.05, 0) is 56.5 Å². The fraction of sp³-hybridized carbons (Fsp3) is 0.500. The van der Waals surface area contributed by atoms with Crippen LogP contribution in [-0.4, -0.2) is 40.9 Å². The maximum atomic E-state index is 10.6. The van der Waals surface area contributed by atoms with Crippen molar-refractivity contribution in [2.75, 3.05) is 20.2 Å². The van der Waals surface area contributed by atoms with E-state index < -0.39 is 5.60 Å². The van der Waals surface area contributed by atoms with Crippen LogP contribution in [-0.2, 0) is 11.3 Å². The Morgan fingerprint density at radius 2 is 2.09 bits per heavy atom. The maximum Gasteiger partial charge on any atom is 0.256 e. The third kappa shape index (κ3) is 3.35. The summed E-state index contributed by atoms with van der Waals surface area (Å²) in [7, 11) is 1.45. The van der Waals surface area contributed by atoms with Gasteiger partial charge in [0.15, 0.2) is 0 Å². The molecule has 0 unspecified atom stereocenters. The molecule has 3 rings (SSSR count). The number of hydrogen-bond acceptors (Lipinski definition) is 6. The van der Waals surface area contributed by atoms with Crippen LogP contribution in [0.15, 0.2) is 24.4 Å². The van der Waals surface area contributed by atoms with Gasteiger partial charge in [-0.2, -0.15) is 4.89 Å². The quantitative estimate of drug-likeness (QED) is 0.645. The van der Waals surface area contributed by atoms with Gasteiger partial charge in [-0.3, -0.25) is 4.98 Å². The lowest BCUT2D eigenvalue weighted by atomic mass is 9.86. The van der Waals surface area contributed by atoms with Crippen LogP contribution in [0.25, 0.3) is 11.0 Å². The van der Waals surface area contributed by atoms with Gasteiger partial charge in [0.1, 0.15) is 0 Å². The van der Waals surface area contributed by atoms with E-state index in [4.69, 9.17) is 4.89 Å². The Bertz CT molecular complexity index is 642. The van der Waals surface area contributed by atoms with Crippen molar-refractivity contribution >= 4 is 11.0 Å². The molecule has 6 nitrogen and oxygen atoms in total. The molecule has 0 saturated carbocycles. The Morgan fingerprint density at radius 3 is 2.86 bits per heavy atom. The number of rotatable bonds is 5. The summed E-state index contributed by atoms with van der Waals surface area (Å²) < 4.78 is 0. The summed E-state index contributed by atoms with van der Waals surface area (Å²) in [6, 6.07) is 5.54. The molecule has 1 aliphatic heterocycles. The molecule has 1 saturated heterocycles. The summed E-state index contributed by atoms with van der Waals surface area (Å²) in [5.41, 5.74) is 2.10. The van der Waals surface area contributed by atoms with E-state index in [2.05, 4.69) is 20.2 Å². The number of nitrogens with one attached hydrogen (secondary N) is 1. The molecular formula is C16H21N3O3. The van der Waals surface area contributed by atoms with E-state index in [1.807, 2.05) is 12.1 Å². The number of aromatic nitrogens is 2. The zero-order chi connectivity index (χ0) is 15.4. The highest BCUT2D eigenvalue weighted by Gasteiger charge is 2.28. The van der Waals surface area contributed by atoms with Gasteiger partial charge >= 0.3 is 0 Å². The second-order valence-corrected chi connectivity index (χ2v) is 5.71. The van der Waals surface area contributed by atoms with Crippen molar-refractivity contribution in [1.82, 2.24) is 15.3 Å². The van der Waals surface area contributed by atoms with E-state index in [1.165, 1.54) is 7.11 Å². The van der Waals surface area contributed by atoms with Gasteiger partial charge in [-0.1, -0.05) is 0 Å². The molecule has 6 heteroatoms. The summed E-state index contributed by atoms with van der Waals surface area (Å²) in [6.07, 6.45) is 4.86. The van der Waals surface area contributed by atoms with E-state index in [9.17, 15) is 5.11 Å². The lowest BCUT2D eigenvalue weighted by Crippen LogP contribution is -2.42. The minimum atomic E-state index is -0.582. The standard InChI is InChI=1S/C16H21N3O3/c1-21-22-14-3-2-13-15(19-14)12(5-9-18-13)4-6-16(20)7-10-17-11-8-16/h2-3,5,9,17,20H,4,6-8,10-11H2,1H3. The van der Waals surface area contributed by atoms with E-state index >= 15 is 0 Å². The van der Waals surface area contributed by atoms with Crippen molar-refractivity contribution in [3.63, 3.8) is 0 Å². The number of hydrogen-bond donors (Lipinski definition) is 2. The molecule has 22 heavy (non-hydrogen) atoms. The minimum Gasteiger partial charge on any atom is -0.390 e. The number of pyridine rings is 2. The van der Waals surface area contributed by atoms with E-state index in [0.29, 0.717) is 5.88 Å². The van der Waals surface area contributed by atoms with Gasteiger partial charge in [-0.25, -0.2) is 4.98 Å². The van der Waals surface area contributed by atoms with Crippen LogP contribution >= 0.6 is 0 Å². The highest BCUT2D eigenvalue weighted by Crippen LogP contribution is 2.26. The van der Waals surface area contributed by atoms with Gasteiger partial charge in [0.2, 0.25) is 0 Å². The van der Waals surface area contributed by atoms with Gasteiger partial charge in [0.25, 0.3) is 5.88 Å². The van der Waals surface area contributed by atoms with Gasteiger partial charge in [0, 0.05) is 12.3 Å². The fourth-order valence-electron chi connectivity index (χ4n) is 2.90. The number of fused-ring (bicyclic) bond motifs is 1. The summed E-state index contributed by atoms with van der Waals surface area (Å²) >= 11 is 0. The largest absolute Gasteiger partial charge is 0.390 e. The molecule has 0 radical (unpaired) electrons. The van der Waals surface area contributed by atoms with Crippen LogP contribution in [0.5, 0.6) is 5.88 Å². The normalized spacial score (nSPS) is 17.5. The molecule has 3 heterocycles. The van der Waals surface area contributed by atoms with Crippen molar-refractivity contribution in [2.24, 2.45) is 0 Å². The number of aliphatic hydroxyl groups is 1. The molecule has 1 aliphatic rings. The zero-order valence-electron chi connectivity index (χ0n) is 12.7. The molecule has 0 amide bonds. The van der Waals surface area contributed by atoms with Crippen molar-refractivity contribution in [2.45, 2.75) is 31.3 Å². The number of nitrogens with zero attached hydrogens (tertiary/aromatic N) is 2. The molecule has 2 N–H and O–H groups in total. The lowest BCUT2D eigenvalue weighted by molar-refractivity contribution is -0.181. The minimum absolute atomic E-state index is 0.407. The Hall–Kier alpha value is -1.76. The van der Waals surface area contributed by atoms with E-state index in [-0.39, 0.29) is 0 Å². The highest BCUT2D eigenvalue weighted by atomic mass is 17.2. The topological polar surface area (TPSA) is 76.5 Å². The average molecular weight is 303 g/mol. The SMILES string of the molecule is COOc1ccc2nccc(CCC3(O)CCNCC3)c2n1. The number of aryl methyl sites for hydroxylation is 1. The predicted molar refractivity (Wildman–Crippen MR) is 82.5 cm³/mol.